The van der Waals surface area contributed by atoms with E-state index in [1.165, 1.54) is 7.11 Å². The van der Waals surface area contributed by atoms with E-state index in [0.717, 1.165) is 10.4 Å². The van der Waals surface area contributed by atoms with Gasteiger partial charge in [-0.15, -0.1) is 0 Å². The van der Waals surface area contributed by atoms with Crippen LogP contribution in [0, 0.1) is 11.6 Å². The number of sulfonamides is 1. The lowest BCUT2D eigenvalue weighted by molar-refractivity contribution is -0.139. The van der Waals surface area contributed by atoms with Gasteiger partial charge >= 0.3 is 11.8 Å². The third-order valence-corrected chi connectivity index (χ3v) is 6.60. The van der Waals surface area contributed by atoms with Gasteiger partial charge < -0.3 is 20.1 Å². The number of nitrogens with zero attached hydrogens (tertiary/aromatic N) is 1. The molecule has 1 atom stereocenters. The predicted molar refractivity (Wildman–Crippen MR) is 108 cm³/mol. The van der Waals surface area contributed by atoms with Gasteiger partial charge in [-0.25, -0.2) is 17.2 Å². The summed E-state index contributed by atoms with van der Waals surface area (Å²) in [5.41, 5.74) is 0.657. The van der Waals surface area contributed by atoms with Crippen LogP contribution in [0.3, 0.4) is 0 Å². The fourth-order valence-electron chi connectivity index (χ4n) is 3.11. The molecule has 1 heterocycles. The van der Waals surface area contributed by atoms with Crippen molar-refractivity contribution in [1.82, 2.24) is 14.9 Å². The number of ether oxygens (including phenoxy) is 2. The quantitative estimate of drug-likeness (QED) is 0.579. The number of rotatable bonds is 7. The molecule has 0 bridgehead atoms. The minimum Gasteiger partial charge on any atom is -0.496 e. The van der Waals surface area contributed by atoms with Crippen LogP contribution >= 0.6 is 0 Å². The van der Waals surface area contributed by atoms with Crippen molar-refractivity contribution in [2.24, 2.45) is 0 Å². The lowest BCUT2D eigenvalue weighted by Crippen LogP contribution is -2.47. The van der Waals surface area contributed by atoms with Crippen LogP contribution in [0.15, 0.2) is 47.4 Å². The Balaban J connectivity index is 1.60. The molecule has 172 valence electrons. The first-order valence-electron chi connectivity index (χ1n) is 9.50. The first-order chi connectivity index (χ1) is 15.2. The van der Waals surface area contributed by atoms with Gasteiger partial charge in [0.05, 0.1) is 20.3 Å². The molecule has 0 unspecified atom stereocenters. The first-order valence-corrected chi connectivity index (χ1v) is 10.9. The molecule has 0 aliphatic carbocycles. The zero-order valence-corrected chi connectivity index (χ0v) is 17.8. The van der Waals surface area contributed by atoms with Crippen molar-refractivity contribution in [2.75, 3.05) is 26.8 Å². The molecular weight excluding hydrogens is 448 g/mol. The van der Waals surface area contributed by atoms with E-state index < -0.39 is 44.6 Å². The highest BCUT2D eigenvalue weighted by molar-refractivity contribution is 7.89. The zero-order chi connectivity index (χ0) is 23.3. The Labute approximate surface area is 183 Å². The van der Waals surface area contributed by atoms with E-state index in [1.54, 1.807) is 24.3 Å². The number of methoxy groups -OCH3 is 1. The SMILES string of the molecule is COc1ccccc1CNC(=O)C(=O)NC[C@H]1OCCN1S(=O)(=O)c1cc(F)ccc1F. The molecule has 12 heteroatoms. The molecule has 2 aromatic carbocycles. The van der Waals surface area contributed by atoms with Crippen LogP contribution in [-0.4, -0.2) is 57.6 Å². The molecule has 3 rings (SSSR count). The fourth-order valence-corrected chi connectivity index (χ4v) is 4.70. The molecule has 1 saturated heterocycles. The number of benzene rings is 2. The maximum Gasteiger partial charge on any atom is 0.309 e. The molecule has 1 aliphatic rings. The van der Waals surface area contributed by atoms with Gasteiger partial charge in [-0.05, 0) is 24.3 Å². The predicted octanol–water partition coefficient (Wildman–Crippen LogP) is 0.753. The minimum atomic E-state index is -4.44. The molecule has 0 saturated carbocycles. The third-order valence-electron chi connectivity index (χ3n) is 4.70. The van der Waals surface area contributed by atoms with Gasteiger partial charge in [0.15, 0.2) is 0 Å². The molecule has 1 aliphatic heterocycles. The Bertz CT molecular complexity index is 1110. The number of hydrogen-bond donors (Lipinski definition) is 2. The van der Waals surface area contributed by atoms with Crippen molar-refractivity contribution in [3.05, 3.63) is 59.7 Å². The Kier molecular flexibility index (Phi) is 7.38. The molecule has 0 radical (unpaired) electrons. The average Bonchev–Trinajstić information content (AvgIpc) is 3.27. The van der Waals surface area contributed by atoms with Gasteiger partial charge in [-0.2, -0.15) is 4.31 Å². The van der Waals surface area contributed by atoms with Gasteiger partial charge in [0, 0.05) is 18.7 Å². The molecule has 0 spiro atoms. The minimum absolute atomic E-state index is 0.0172. The molecule has 1 fully saturated rings. The van der Waals surface area contributed by atoms with Crippen LogP contribution in [0.1, 0.15) is 5.56 Å². The smallest absolute Gasteiger partial charge is 0.309 e. The van der Waals surface area contributed by atoms with E-state index in [-0.39, 0.29) is 26.2 Å². The Hall–Kier alpha value is -3.09. The van der Waals surface area contributed by atoms with Crippen LogP contribution in [0.5, 0.6) is 5.75 Å². The second-order valence-electron chi connectivity index (χ2n) is 6.72. The standard InChI is InChI=1S/C20H21F2N3O6S/c1-30-16-5-3-2-4-13(16)11-23-19(26)20(27)24-12-18-25(8-9-31-18)32(28,29)17-10-14(21)6-7-15(17)22/h2-7,10,18H,8-9,11-12H2,1H3,(H,23,26)(H,24,27)/t18-/m1/s1. The fraction of sp³-hybridized carbons (Fsp3) is 0.300. The van der Waals surface area contributed by atoms with Crippen LogP contribution in [0.25, 0.3) is 0 Å². The third kappa shape index (κ3) is 5.21. The van der Waals surface area contributed by atoms with Gasteiger partial charge in [-0.1, -0.05) is 18.2 Å². The molecule has 2 aromatic rings. The highest BCUT2D eigenvalue weighted by atomic mass is 32.2. The maximum atomic E-state index is 14.0. The number of carbonyl (C=O) groups is 2. The summed E-state index contributed by atoms with van der Waals surface area (Å²) < 4.78 is 64.2. The Morgan fingerprint density at radius 1 is 1.16 bits per heavy atom. The summed E-state index contributed by atoms with van der Waals surface area (Å²) in [4.78, 5) is 23.3. The molecule has 0 aromatic heterocycles. The number of amides is 2. The van der Waals surface area contributed by atoms with Crippen molar-refractivity contribution in [3.63, 3.8) is 0 Å². The Morgan fingerprint density at radius 2 is 1.88 bits per heavy atom. The van der Waals surface area contributed by atoms with Gasteiger partial charge in [0.2, 0.25) is 10.0 Å². The molecule has 2 N–H and O–H groups in total. The maximum absolute atomic E-state index is 14.0. The van der Waals surface area contributed by atoms with Crippen LogP contribution < -0.4 is 15.4 Å². The second kappa shape index (κ2) is 10.0. The lowest BCUT2D eigenvalue weighted by atomic mass is 10.2. The largest absolute Gasteiger partial charge is 0.496 e. The van der Waals surface area contributed by atoms with Gasteiger partial charge in [0.1, 0.15) is 28.5 Å². The van der Waals surface area contributed by atoms with E-state index in [0.29, 0.717) is 23.4 Å². The van der Waals surface area contributed by atoms with Gasteiger partial charge in [0.25, 0.3) is 0 Å². The summed E-state index contributed by atoms with van der Waals surface area (Å²) in [6, 6.07) is 9.02. The van der Waals surface area contributed by atoms with Gasteiger partial charge in [-0.3, -0.25) is 9.59 Å². The number of para-hydroxylation sites is 1. The number of hydrogen-bond acceptors (Lipinski definition) is 6. The van der Waals surface area contributed by atoms with E-state index in [9.17, 15) is 26.8 Å². The Morgan fingerprint density at radius 3 is 2.62 bits per heavy atom. The normalized spacial score (nSPS) is 16.5. The lowest BCUT2D eigenvalue weighted by Gasteiger charge is -2.23. The topological polar surface area (TPSA) is 114 Å². The molecule has 2 amide bonds. The van der Waals surface area contributed by atoms with Crippen molar-refractivity contribution < 1.29 is 36.3 Å². The van der Waals surface area contributed by atoms with E-state index in [4.69, 9.17) is 9.47 Å². The highest BCUT2D eigenvalue weighted by Crippen LogP contribution is 2.25. The molecular formula is C20H21F2N3O6S. The van der Waals surface area contributed by atoms with E-state index in [1.807, 2.05) is 0 Å². The summed E-state index contributed by atoms with van der Waals surface area (Å²) in [6.45, 7) is -0.470. The van der Waals surface area contributed by atoms with Crippen LogP contribution in [0.4, 0.5) is 8.78 Å². The zero-order valence-electron chi connectivity index (χ0n) is 17.0. The van der Waals surface area contributed by atoms with E-state index >= 15 is 0 Å². The highest BCUT2D eigenvalue weighted by Gasteiger charge is 2.38. The summed E-state index contributed by atoms with van der Waals surface area (Å²) in [6.07, 6.45) is -1.19. The number of halogens is 2. The van der Waals surface area contributed by atoms with Crippen molar-refractivity contribution in [3.8, 4) is 5.75 Å². The molecule has 32 heavy (non-hydrogen) atoms. The first kappa shape index (κ1) is 23.6. The van der Waals surface area contributed by atoms with Crippen molar-refractivity contribution in [2.45, 2.75) is 17.7 Å². The van der Waals surface area contributed by atoms with E-state index in [2.05, 4.69) is 10.6 Å². The number of nitrogens with one attached hydrogen (secondary N) is 2. The van der Waals surface area contributed by atoms with Crippen LogP contribution in [-0.2, 0) is 30.9 Å². The average molecular weight is 469 g/mol. The monoisotopic (exact) mass is 469 g/mol. The van der Waals surface area contributed by atoms with Crippen molar-refractivity contribution >= 4 is 21.8 Å². The summed E-state index contributed by atoms with van der Waals surface area (Å²) in [5, 5.41) is 4.72. The summed E-state index contributed by atoms with van der Waals surface area (Å²) >= 11 is 0. The van der Waals surface area contributed by atoms with Crippen molar-refractivity contribution in [1.29, 1.82) is 0 Å². The second-order valence-corrected chi connectivity index (χ2v) is 8.58. The number of carbonyl (C=O) groups excluding carboxylic acids is 2. The summed E-state index contributed by atoms with van der Waals surface area (Å²) in [7, 11) is -2.96. The summed E-state index contributed by atoms with van der Waals surface area (Å²) in [5.74, 6) is -3.44. The molecule has 9 nitrogen and oxygen atoms in total. The van der Waals surface area contributed by atoms with Crippen LogP contribution in [0.2, 0.25) is 0 Å².